The van der Waals surface area contributed by atoms with Crippen LogP contribution in [-0.4, -0.2) is 17.3 Å². The van der Waals surface area contributed by atoms with E-state index in [0.29, 0.717) is 5.71 Å². The monoisotopic (exact) mass is 355 g/mol. The molecule has 4 nitrogen and oxygen atoms in total. The first-order chi connectivity index (χ1) is 13.2. The van der Waals surface area contributed by atoms with Crippen molar-refractivity contribution in [1.82, 2.24) is 0 Å². The summed E-state index contributed by atoms with van der Waals surface area (Å²) < 4.78 is 0. The maximum Gasteiger partial charge on any atom is 0.230 e. The highest BCUT2D eigenvalue weighted by Gasteiger charge is 2.07. The maximum absolute atomic E-state index is 12.2. The van der Waals surface area contributed by atoms with Gasteiger partial charge < -0.3 is 5.32 Å². The van der Waals surface area contributed by atoms with E-state index < -0.39 is 0 Å². The normalized spacial score (nSPS) is 10.9. The molecule has 0 spiro atoms. The molecule has 0 unspecified atom stereocenters. The Morgan fingerprint density at radius 2 is 1.22 bits per heavy atom. The number of hydrogen-bond acceptors (Lipinski definition) is 3. The molecule has 0 fully saturated rings. The Labute approximate surface area is 159 Å². The first-order valence-electron chi connectivity index (χ1n) is 8.79. The summed E-state index contributed by atoms with van der Waals surface area (Å²) in [5, 5.41) is 11.6. The fraction of sp³-hybridized carbons (Fsp3) is 0.0870. The topological polar surface area (TPSA) is 53.8 Å². The predicted molar refractivity (Wildman–Crippen MR) is 111 cm³/mol. The van der Waals surface area contributed by atoms with Crippen LogP contribution in [0.5, 0.6) is 0 Å². The molecule has 0 aliphatic rings. The van der Waals surface area contributed by atoms with E-state index in [1.54, 1.807) is 0 Å². The summed E-state index contributed by atoms with van der Waals surface area (Å²) in [5.74, 6) is -0.112. The van der Waals surface area contributed by atoms with Gasteiger partial charge in [-0.1, -0.05) is 78.9 Å². The van der Waals surface area contributed by atoms with E-state index in [0.717, 1.165) is 22.5 Å². The number of amides is 1. The lowest BCUT2D eigenvalue weighted by molar-refractivity contribution is -0.115. The van der Waals surface area contributed by atoms with Gasteiger partial charge in [-0.15, -0.1) is 5.10 Å². The molecule has 3 aromatic rings. The highest BCUT2D eigenvalue weighted by Crippen LogP contribution is 2.11. The Bertz CT molecular complexity index is 892. The average Bonchev–Trinajstić information content (AvgIpc) is 2.70. The number of carbonyl (C=O) groups excluding carboxylic acids is 1. The standard InChI is InChI=1S/C23H21N3O/c1-18(17-22(27)24-21-15-9-4-10-16-21)25-26-23(19-11-5-2-6-12-19)20-13-7-3-8-14-20/h2-16H,17H2,1H3,(H,24,27)/b25-18-. The molecule has 134 valence electrons. The maximum atomic E-state index is 12.2. The van der Waals surface area contributed by atoms with E-state index in [1.165, 1.54) is 0 Å². The SMILES string of the molecule is C/C(CC(=O)Nc1ccccc1)=N/N=C(c1ccccc1)c1ccccc1. The summed E-state index contributed by atoms with van der Waals surface area (Å²) in [6, 6.07) is 29.2. The summed E-state index contributed by atoms with van der Waals surface area (Å²) in [4.78, 5) is 12.2. The largest absolute Gasteiger partial charge is 0.326 e. The fourth-order valence-corrected chi connectivity index (χ4v) is 2.60. The molecule has 1 N–H and O–H groups in total. The molecule has 0 atom stereocenters. The lowest BCUT2D eigenvalue weighted by Gasteiger charge is -2.06. The third-order valence-electron chi connectivity index (χ3n) is 3.89. The van der Waals surface area contributed by atoms with Crippen molar-refractivity contribution in [2.24, 2.45) is 10.2 Å². The molecule has 4 heteroatoms. The molecule has 0 saturated heterocycles. The van der Waals surface area contributed by atoms with E-state index in [9.17, 15) is 4.79 Å². The molecular formula is C23H21N3O. The molecule has 0 aromatic heterocycles. The molecule has 1 amide bonds. The minimum Gasteiger partial charge on any atom is -0.326 e. The van der Waals surface area contributed by atoms with Crippen molar-refractivity contribution in [1.29, 1.82) is 0 Å². The summed E-state index contributed by atoms with van der Waals surface area (Å²) >= 11 is 0. The van der Waals surface area contributed by atoms with Gasteiger partial charge in [0.2, 0.25) is 5.91 Å². The van der Waals surface area contributed by atoms with Crippen LogP contribution in [0.2, 0.25) is 0 Å². The molecular weight excluding hydrogens is 334 g/mol. The molecule has 0 radical (unpaired) electrons. The van der Waals surface area contributed by atoms with Gasteiger partial charge in [-0.05, 0) is 19.1 Å². The number of benzene rings is 3. The van der Waals surface area contributed by atoms with Crippen LogP contribution in [0.25, 0.3) is 0 Å². The number of nitrogens with one attached hydrogen (secondary N) is 1. The quantitative estimate of drug-likeness (QED) is 0.495. The van der Waals surface area contributed by atoms with E-state index in [-0.39, 0.29) is 12.3 Å². The smallest absolute Gasteiger partial charge is 0.230 e. The number of carbonyl (C=O) groups is 1. The van der Waals surface area contributed by atoms with Gasteiger partial charge >= 0.3 is 0 Å². The van der Waals surface area contributed by atoms with E-state index >= 15 is 0 Å². The summed E-state index contributed by atoms with van der Waals surface area (Å²) in [6.45, 7) is 1.81. The Morgan fingerprint density at radius 3 is 1.74 bits per heavy atom. The molecule has 0 aliphatic heterocycles. The van der Waals surface area contributed by atoms with Gasteiger partial charge in [-0.3, -0.25) is 4.79 Å². The van der Waals surface area contributed by atoms with E-state index in [1.807, 2.05) is 97.9 Å². The van der Waals surface area contributed by atoms with Crippen molar-refractivity contribution < 1.29 is 4.79 Å². The number of nitrogens with zero attached hydrogens (tertiary/aromatic N) is 2. The molecule has 0 saturated carbocycles. The van der Waals surface area contributed by atoms with Crippen molar-refractivity contribution in [2.45, 2.75) is 13.3 Å². The number of anilines is 1. The van der Waals surface area contributed by atoms with Gasteiger partial charge in [-0.2, -0.15) is 5.10 Å². The van der Waals surface area contributed by atoms with Crippen LogP contribution in [0.4, 0.5) is 5.69 Å². The highest BCUT2D eigenvalue weighted by atomic mass is 16.1. The molecule has 3 rings (SSSR count). The van der Waals surface area contributed by atoms with Crippen molar-refractivity contribution in [3.05, 3.63) is 102 Å². The molecule has 0 aliphatic carbocycles. The molecule has 3 aromatic carbocycles. The fourth-order valence-electron chi connectivity index (χ4n) is 2.60. The third kappa shape index (κ3) is 5.47. The van der Waals surface area contributed by atoms with Gasteiger partial charge in [-0.25, -0.2) is 0 Å². The average molecular weight is 355 g/mol. The first-order valence-corrected chi connectivity index (χ1v) is 8.79. The second-order valence-corrected chi connectivity index (χ2v) is 6.11. The lowest BCUT2D eigenvalue weighted by atomic mass is 10.0. The van der Waals surface area contributed by atoms with Gasteiger partial charge in [0.05, 0.1) is 6.42 Å². The second kappa shape index (κ2) is 9.25. The zero-order chi connectivity index (χ0) is 18.9. The second-order valence-electron chi connectivity index (χ2n) is 6.11. The van der Waals surface area contributed by atoms with Crippen LogP contribution < -0.4 is 5.32 Å². The van der Waals surface area contributed by atoms with E-state index in [2.05, 4.69) is 15.5 Å². The van der Waals surface area contributed by atoms with Gasteiger partial charge in [0.15, 0.2) is 0 Å². The Kier molecular flexibility index (Phi) is 6.26. The van der Waals surface area contributed by atoms with Gasteiger partial charge in [0, 0.05) is 22.5 Å². The van der Waals surface area contributed by atoms with Crippen LogP contribution in [-0.2, 0) is 4.79 Å². The minimum atomic E-state index is -0.112. The van der Waals surface area contributed by atoms with Crippen molar-refractivity contribution in [3.63, 3.8) is 0 Å². The van der Waals surface area contributed by atoms with Crippen molar-refractivity contribution in [3.8, 4) is 0 Å². The third-order valence-corrected chi connectivity index (χ3v) is 3.89. The summed E-state index contributed by atoms with van der Waals surface area (Å²) in [6.07, 6.45) is 0.190. The zero-order valence-electron chi connectivity index (χ0n) is 15.2. The van der Waals surface area contributed by atoms with Crippen molar-refractivity contribution >= 4 is 23.0 Å². The number of hydrogen-bond donors (Lipinski definition) is 1. The Hall–Kier alpha value is -3.53. The van der Waals surface area contributed by atoms with Gasteiger partial charge in [0.1, 0.15) is 5.71 Å². The first kappa shape index (κ1) is 18.3. The number of para-hydroxylation sites is 1. The molecule has 0 bridgehead atoms. The Balaban J connectivity index is 1.77. The summed E-state index contributed by atoms with van der Waals surface area (Å²) in [7, 11) is 0. The zero-order valence-corrected chi connectivity index (χ0v) is 15.2. The Morgan fingerprint density at radius 1 is 0.741 bits per heavy atom. The van der Waals surface area contributed by atoms with Gasteiger partial charge in [0.25, 0.3) is 0 Å². The van der Waals surface area contributed by atoms with Crippen LogP contribution in [0, 0.1) is 0 Å². The molecule has 0 heterocycles. The van der Waals surface area contributed by atoms with Crippen molar-refractivity contribution in [2.75, 3.05) is 5.32 Å². The minimum absolute atomic E-state index is 0.112. The van der Waals surface area contributed by atoms with Crippen LogP contribution in [0.15, 0.2) is 101 Å². The van der Waals surface area contributed by atoms with Crippen LogP contribution >= 0.6 is 0 Å². The lowest BCUT2D eigenvalue weighted by Crippen LogP contribution is -2.14. The molecule has 27 heavy (non-hydrogen) atoms. The van der Waals surface area contributed by atoms with E-state index in [4.69, 9.17) is 0 Å². The number of rotatable bonds is 6. The predicted octanol–water partition coefficient (Wildman–Crippen LogP) is 4.93. The summed E-state index contributed by atoms with van der Waals surface area (Å²) in [5.41, 5.74) is 4.16. The van der Waals surface area contributed by atoms with Crippen LogP contribution in [0.3, 0.4) is 0 Å². The van der Waals surface area contributed by atoms with Crippen LogP contribution in [0.1, 0.15) is 24.5 Å². The highest BCUT2D eigenvalue weighted by molar-refractivity contribution is 6.13.